The molecular weight excluding hydrogens is 279 g/mol. The molecule has 2 aromatic rings. The Morgan fingerprint density at radius 2 is 1.86 bits per heavy atom. The molecule has 1 N–H and O–H groups in total. The third-order valence-corrected chi connectivity index (χ3v) is 3.65. The second-order valence-electron chi connectivity index (χ2n) is 4.94. The minimum Gasteiger partial charge on any atom is -0.395 e. The summed E-state index contributed by atoms with van der Waals surface area (Å²) in [5.74, 6) is 0. The quantitative estimate of drug-likeness (QED) is 0.905. The maximum atomic E-state index is 13.2. The molecule has 0 saturated heterocycles. The van der Waals surface area contributed by atoms with Crippen molar-refractivity contribution in [3.8, 4) is 11.3 Å². The van der Waals surface area contributed by atoms with Gasteiger partial charge in [-0.3, -0.25) is 0 Å². The van der Waals surface area contributed by atoms with Crippen LogP contribution >= 0.6 is 0 Å². The van der Waals surface area contributed by atoms with Crippen molar-refractivity contribution in [1.82, 2.24) is 4.57 Å². The number of hydrogen-bond acceptors (Lipinski definition) is 1. The van der Waals surface area contributed by atoms with Crippen LogP contribution in [0.15, 0.2) is 30.5 Å². The smallest absolute Gasteiger partial charge is 0.395 e. The lowest BCUT2D eigenvalue weighted by Crippen LogP contribution is -2.10. The van der Waals surface area contributed by atoms with Crippen molar-refractivity contribution in [1.29, 1.82) is 0 Å². The fourth-order valence-electron chi connectivity index (χ4n) is 2.65. The van der Waals surface area contributed by atoms with Crippen LogP contribution in [0.1, 0.15) is 23.6 Å². The van der Waals surface area contributed by atoms with E-state index < -0.39 is 11.7 Å². The molecule has 1 aromatic carbocycles. The zero-order valence-electron chi connectivity index (χ0n) is 12.0. The molecule has 2 nitrogen and oxygen atoms in total. The number of nitrogens with zero attached hydrogens (tertiary/aromatic N) is 1. The number of aromatic nitrogens is 1. The number of halogens is 3. The van der Waals surface area contributed by atoms with Crippen molar-refractivity contribution in [2.75, 3.05) is 6.61 Å². The highest BCUT2D eigenvalue weighted by Gasteiger charge is 2.34. The topological polar surface area (TPSA) is 25.2 Å². The van der Waals surface area contributed by atoms with Gasteiger partial charge in [0.2, 0.25) is 0 Å². The molecular formula is C16H18F3NO. The number of rotatable bonds is 4. The second kappa shape index (κ2) is 5.93. The number of alkyl halides is 3. The van der Waals surface area contributed by atoms with Gasteiger partial charge >= 0.3 is 6.18 Å². The average molecular weight is 297 g/mol. The molecule has 2 rings (SSSR count). The van der Waals surface area contributed by atoms with Crippen LogP contribution in [-0.4, -0.2) is 16.3 Å². The molecule has 0 atom stereocenters. The molecule has 0 spiro atoms. The summed E-state index contributed by atoms with van der Waals surface area (Å²) >= 11 is 0. The molecule has 0 aliphatic heterocycles. The molecule has 0 radical (unpaired) electrons. The standard InChI is InChI=1S/C16H18F3NO/c1-3-12-10-20(8-9-21)15(11(12)2)13-6-4-5-7-14(13)16(17,18)19/h4-7,10,21H,3,8-9H2,1-2H3. The van der Waals surface area contributed by atoms with Gasteiger partial charge in [-0.05, 0) is 30.5 Å². The van der Waals surface area contributed by atoms with Gasteiger partial charge in [-0.25, -0.2) is 0 Å². The van der Waals surface area contributed by atoms with E-state index in [-0.39, 0.29) is 18.7 Å². The highest BCUT2D eigenvalue weighted by atomic mass is 19.4. The summed E-state index contributed by atoms with van der Waals surface area (Å²) in [4.78, 5) is 0. The van der Waals surface area contributed by atoms with Crippen LogP contribution in [0.2, 0.25) is 0 Å². The molecule has 21 heavy (non-hydrogen) atoms. The number of hydrogen-bond donors (Lipinski definition) is 1. The van der Waals surface area contributed by atoms with Crippen LogP contribution in [0.4, 0.5) is 13.2 Å². The van der Waals surface area contributed by atoms with E-state index in [0.717, 1.165) is 23.6 Å². The van der Waals surface area contributed by atoms with Crippen LogP contribution in [0.3, 0.4) is 0 Å². The molecule has 1 heterocycles. The summed E-state index contributed by atoms with van der Waals surface area (Å²) in [6.07, 6.45) is -1.83. The molecule has 0 bridgehead atoms. The highest BCUT2D eigenvalue weighted by Crippen LogP contribution is 2.39. The largest absolute Gasteiger partial charge is 0.417 e. The van der Waals surface area contributed by atoms with Crippen LogP contribution < -0.4 is 0 Å². The monoisotopic (exact) mass is 297 g/mol. The van der Waals surface area contributed by atoms with Crippen molar-refractivity contribution >= 4 is 0 Å². The summed E-state index contributed by atoms with van der Waals surface area (Å²) in [6, 6.07) is 5.57. The Morgan fingerprint density at radius 3 is 2.43 bits per heavy atom. The third kappa shape index (κ3) is 2.97. The Kier molecular flexibility index (Phi) is 4.42. The Labute approximate surface area is 121 Å². The van der Waals surface area contributed by atoms with Crippen molar-refractivity contribution in [2.45, 2.75) is 33.0 Å². The molecule has 1 aromatic heterocycles. The van der Waals surface area contributed by atoms with E-state index in [9.17, 15) is 13.2 Å². The maximum Gasteiger partial charge on any atom is 0.417 e. The zero-order chi connectivity index (χ0) is 15.6. The van der Waals surface area contributed by atoms with Crippen LogP contribution in [-0.2, 0) is 19.1 Å². The molecule has 0 aliphatic rings. The summed E-state index contributed by atoms with van der Waals surface area (Å²) in [6.45, 7) is 3.96. The third-order valence-electron chi connectivity index (χ3n) is 3.65. The Hall–Kier alpha value is -1.75. The van der Waals surface area contributed by atoms with Gasteiger partial charge in [0.15, 0.2) is 0 Å². The van der Waals surface area contributed by atoms with Crippen molar-refractivity contribution in [3.63, 3.8) is 0 Å². The first kappa shape index (κ1) is 15.6. The van der Waals surface area contributed by atoms with E-state index in [1.165, 1.54) is 12.1 Å². The van der Waals surface area contributed by atoms with Crippen molar-refractivity contribution < 1.29 is 18.3 Å². The van der Waals surface area contributed by atoms with E-state index in [1.807, 2.05) is 20.0 Å². The Bertz CT molecular complexity index is 629. The number of benzene rings is 1. The highest BCUT2D eigenvalue weighted by molar-refractivity contribution is 5.70. The zero-order valence-corrected chi connectivity index (χ0v) is 12.0. The van der Waals surface area contributed by atoms with Gasteiger partial charge in [-0.2, -0.15) is 13.2 Å². The number of aliphatic hydroxyl groups excluding tert-OH is 1. The minimum absolute atomic E-state index is 0.113. The predicted molar refractivity (Wildman–Crippen MR) is 76.1 cm³/mol. The summed E-state index contributed by atoms with van der Waals surface area (Å²) in [5.41, 5.74) is 1.88. The molecule has 0 amide bonds. The van der Waals surface area contributed by atoms with Crippen LogP contribution in [0.25, 0.3) is 11.3 Å². The first-order chi connectivity index (χ1) is 9.90. The fourth-order valence-corrected chi connectivity index (χ4v) is 2.65. The van der Waals surface area contributed by atoms with Gasteiger partial charge in [-0.15, -0.1) is 0 Å². The lowest BCUT2D eigenvalue weighted by molar-refractivity contribution is -0.137. The molecule has 114 valence electrons. The maximum absolute atomic E-state index is 13.2. The number of aliphatic hydroxyl groups is 1. The first-order valence-corrected chi connectivity index (χ1v) is 6.86. The minimum atomic E-state index is -4.40. The molecule has 0 aliphatic carbocycles. The lowest BCUT2D eigenvalue weighted by atomic mass is 9.99. The lowest BCUT2D eigenvalue weighted by Gasteiger charge is -2.15. The van der Waals surface area contributed by atoms with Gasteiger partial charge in [0.05, 0.1) is 17.9 Å². The van der Waals surface area contributed by atoms with E-state index >= 15 is 0 Å². The van der Waals surface area contributed by atoms with E-state index in [2.05, 4.69) is 0 Å². The van der Waals surface area contributed by atoms with Crippen LogP contribution in [0.5, 0.6) is 0 Å². The van der Waals surface area contributed by atoms with E-state index in [1.54, 1.807) is 10.6 Å². The molecule has 0 saturated carbocycles. The van der Waals surface area contributed by atoms with Crippen LogP contribution in [0, 0.1) is 6.92 Å². The summed E-state index contributed by atoms with van der Waals surface area (Å²) < 4.78 is 41.3. The van der Waals surface area contributed by atoms with Gasteiger partial charge in [0.25, 0.3) is 0 Å². The average Bonchev–Trinajstić information content (AvgIpc) is 2.74. The van der Waals surface area contributed by atoms with Gasteiger partial charge in [-0.1, -0.05) is 25.1 Å². The Balaban J connectivity index is 2.69. The first-order valence-electron chi connectivity index (χ1n) is 6.86. The van der Waals surface area contributed by atoms with Gasteiger partial charge < -0.3 is 9.67 Å². The number of aryl methyl sites for hydroxylation is 1. The molecule has 5 heteroatoms. The van der Waals surface area contributed by atoms with E-state index in [4.69, 9.17) is 5.11 Å². The summed E-state index contributed by atoms with van der Waals surface area (Å²) in [5, 5.41) is 9.15. The Morgan fingerprint density at radius 1 is 1.19 bits per heavy atom. The van der Waals surface area contributed by atoms with Gasteiger partial charge in [0.1, 0.15) is 0 Å². The van der Waals surface area contributed by atoms with E-state index in [0.29, 0.717) is 5.69 Å². The second-order valence-corrected chi connectivity index (χ2v) is 4.94. The normalized spacial score (nSPS) is 11.9. The predicted octanol–water partition coefficient (Wildman–Crippen LogP) is 4.04. The van der Waals surface area contributed by atoms with Crippen molar-refractivity contribution in [2.24, 2.45) is 0 Å². The summed E-state index contributed by atoms with van der Waals surface area (Å²) in [7, 11) is 0. The fraction of sp³-hybridized carbons (Fsp3) is 0.375. The van der Waals surface area contributed by atoms with Gasteiger partial charge in [0, 0.05) is 18.3 Å². The molecule has 0 fully saturated rings. The molecule has 0 unspecified atom stereocenters. The SMILES string of the molecule is CCc1cn(CCO)c(-c2ccccc2C(F)(F)F)c1C. The van der Waals surface area contributed by atoms with Crippen molar-refractivity contribution in [3.05, 3.63) is 47.2 Å².